The molecule has 128 valence electrons. The van der Waals surface area contributed by atoms with Gasteiger partial charge in [-0.15, -0.1) is 0 Å². The summed E-state index contributed by atoms with van der Waals surface area (Å²) in [7, 11) is 0. The van der Waals surface area contributed by atoms with Crippen molar-refractivity contribution in [3.63, 3.8) is 0 Å². The molecule has 0 aliphatic carbocycles. The summed E-state index contributed by atoms with van der Waals surface area (Å²) in [6.45, 7) is 3.02. The number of benzene rings is 1. The van der Waals surface area contributed by atoms with E-state index >= 15 is 0 Å². The van der Waals surface area contributed by atoms with E-state index in [2.05, 4.69) is 15.3 Å². The van der Waals surface area contributed by atoms with Gasteiger partial charge in [-0.25, -0.2) is 13.8 Å². The molecule has 2 heterocycles. The van der Waals surface area contributed by atoms with Crippen molar-refractivity contribution in [1.82, 2.24) is 20.2 Å². The first-order valence-electron chi connectivity index (χ1n) is 7.84. The Hall–Kier alpha value is -2.51. The minimum atomic E-state index is -2.75. The predicted octanol–water partition coefficient (Wildman–Crippen LogP) is 2.24. The van der Waals surface area contributed by atoms with Crippen LogP contribution in [0.25, 0.3) is 11.0 Å². The fraction of sp³-hybridized carbons (Fsp3) is 0.438. The second-order valence-corrected chi connectivity index (χ2v) is 5.85. The Bertz CT molecular complexity index is 769. The Kier molecular flexibility index (Phi) is 4.46. The van der Waals surface area contributed by atoms with Gasteiger partial charge in [-0.05, 0) is 31.9 Å². The van der Waals surface area contributed by atoms with Crippen LogP contribution in [0.3, 0.4) is 0 Å². The van der Waals surface area contributed by atoms with E-state index in [-0.39, 0.29) is 17.0 Å². The van der Waals surface area contributed by atoms with E-state index in [0.717, 1.165) is 12.8 Å². The summed E-state index contributed by atoms with van der Waals surface area (Å²) < 4.78 is 25.6. The SMILES string of the molecule is C[C@H](NC(=O)c1cccc2[nH]c(C(F)F)nc12)C(=O)N1CCCC1. The third kappa shape index (κ3) is 3.08. The molecule has 6 nitrogen and oxygen atoms in total. The lowest BCUT2D eigenvalue weighted by Gasteiger charge is -2.21. The largest absolute Gasteiger partial charge is 0.341 e. The molecule has 0 radical (unpaired) electrons. The van der Waals surface area contributed by atoms with Crippen LogP contribution in [0.5, 0.6) is 0 Å². The van der Waals surface area contributed by atoms with E-state index in [1.165, 1.54) is 6.07 Å². The minimum Gasteiger partial charge on any atom is -0.341 e. The van der Waals surface area contributed by atoms with Crippen LogP contribution in [0, 0.1) is 0 Å². The number of alkyl halides is 2. The predicted molar refractivity (Wildman–Crippen MR) is 83.8 cm³/mol. The normalized spacial score (nSPS) is 15.9. The molecule has 0 spiro atoms. The number of likely N-dealkylation sites (tertiary alicyclic amines) is 1. The van der Waals surface area contributed by atoms with Crippen LogP contribution in [0.4, 0.5) is 8.78 Å². The molecule has 1 aliphatic heterocycles. The quantitative estimate of drug-likeness (QED) is 0.899. The highest BCUT2D eigenvalue weighted by atomic mass is 19.3. The highest BCUT2D eigenvalue weighted by Gasteiger charge is 2.25. The summed E-state index contributed by atoms with van der Waals surface area (Å²) in [5.41, 5.74) is 0.694. The van der Waals surface area contributed by atoms with Gasteiger partial charge in [0.1, 0.15) is 11.6 Å². The molecule has 1 saturated heterocycles. The molecule has 1 aromatic carbocycles. The van der Waals surface area contributed by atoms with Gasteiger partial charge in [-0.1, -0.05) is 6.07 Å². The van der Waals surface area contributed by atoms with E-state index in [0.29, 0.717) is 18.6 Å². The molecule has 1 aromatic heterocycles. The molecule has 1 fully saturated rings. The van der Waals surface area contributed by atoms with Crippen molar-refractivity contribution < 1.29 is 18.4 Å². The number of carbonyl (C=O) groups excluding carboxylic acids is 2. The van der Waals surface area contributed by atoms with Crippen LogP contribution in [-0.2, 0) is 4.79 Å². The Morgan fingerprint density at radius 3 is 2.67 bits per heavy atom. The molecule has 1 aliphatic rings. The molecule has 24 heavy (non-hydrogen) atoms. The number of imidazole rings is 1. The van der Waals surface area contributed by atoms with Gasteiger partial charge in [0.05, 0.1) is 11.1 Å². The highest BCUT2D eigenvalue weighted by Crippen LogP contribution is 2.22. The number of nitrogens with zero attached hydrogens (tertiary/aromatic N) is 2. The van der Waals surface area contributed by atoms with E-state index in [1.807, 2.05) is 0 Å². The smallest absolute Gasteiger partial charge is 0.295 e. The van der Waals surface area contributed by atoms with Gasteiger partial charge >= 0.3 is 0 Å². The number of aromatic amines is 1. The van der Waals surface area contributed by atoms with Crippen LogP contribution >= 0.6 is 0 Å². The maximum absolute atomic E-state index is 12.8. The van der Waals surface area contributed by atoms with Gasteiger partial charge in [0.15, 0.2) is 5.82 Å². The Labute approximate surface area is 137 Å². The fourth-order valence-electron chi connectivity index (χ4n) is 2.89. The second kappa shape index (κ2) is 6.54. The van der Waals surface area contributed by atoms with Crippen molar-refractivity contribution in [1.29, 1.82) is 0 Å². The number of aromatic nitrogens is 2. The molecular weight excluding hydrogens is 318 g/mol. The lowest BCUT2D eigenvalue weighted by atomic mass is 10.1. The van der Waals surface area contributed by atoms with Crippen molar-refractivity contribution in [2.75, 3.05) is 13.1 Å². The third-order valence-corrected chi connectivity index (χ3v) is 4.12. The average Bonchev–Trinajstić information content (AvgIpc) is 3.22. The molecule has 0 saturated carbocycles. The maximum atomic E-state index is 12.8. The summed E-state index contributed by atoms with van der Waals surface area (Å²) >= 11 is 0. The minimum absolute atomic E-state index is 0.136. The summed E-state index contributed by atoms with van der Waals surface area (Å²) in [6, 6.07) is 3.97. The van der Waals surface area contributed by atoms with Crippen LogP contribution in [0.2, 0.25) is 0 Å². The number of para-hydroxylation sites is 1. The molecule has 3 rings (SSSR count). The van der Waals surface area contributed by atoms with Crippen LogP contribution in [-0.4, -0.2) is 45.8 Å². The van der Waals surface area contributed by atoms with E-state index < -0.39 is 24.2 Å². The maximum Gasteiger partial charge on any atom is 0.295 e. The Morgan fingerprint density at radius 1 is 1.29 bits per heavy atom. The molecule has 0 bridgehead atoms. The van der Waals surface area contributed by atoms with Gasteiger partial charge in [0.25, 0.3) is 12.3 Å². The number of hydrogen-bond donors (Lipinski definition) is 2. The standard InChI is InChI=1S/C16H18F2N4O2/c1-9(16(24)22-7-2-3-8-22)19-15(23)10-5-4-6-11-12(10)21-14(20-11)13(17)18/h4-6,9,13H,2-3,7-8H2,1H3,(H,19,23)(H,20,21)/t9-/m0/s1. The van der Waals surface area contributed by atoms with Crippen LogP contribution in [0.1, 0.15) is 42.4 Å². The van der Waals surface area contributed by atoms with Crippen LogP contribution < -0.4 is 5.32 Å². The number of rotatable bonds is 4. The van der Waals surface area contributed by atoms with Gasteiger partial charge in [0, 0.05) is 13.1 Å². The zero-order chi connectivity index (χ0) is 17.3. The number of amides is 2. The lowest BCUT2D eigenvalue weighted by Crippen LogP contribution is -2.46. The molecule has 2 aromatic rings. The fourth-order valence-corrected chi connectivity index (χ4v) is 2.89. The summed E-state index contributed by atoms with van der Waals surface area (Å²) in [6.07, 6.45) is -0.811. The van der Waals surface area contributed by atoms with Crippen molar-refractivity contribution in [2.24, 2.45) is 0 Å². The number of halogens is 2. The number of fused-ring (bicyclic) bond motifs is 1. The summed E-state index contributed by atoms with van der Waals surface area (Å²) in [5, 5.41) is 2.63. The van der Waals surface area contributed by atoms with Crippen LogP contribution in [0.15, 0.2) is 18.2 Å². The van der Waals surface area contributed by atoms with Gasteiger partial charge in [0.2, 0.25) is 5.91 Å². The second-order valence-electron chi connectivity index (χ2n) is 5.85. The molecular formula is C16H18F2N4O2. The first-order chi connectivity index (χ1) is 11.5. The topological polar surface area (TPSA) is 78.1 Å². The molecule has 8 heteroatoms. The Morgan fingerprint density at radius 2 is 2.00 bits per heavy atom. The van der Waals surface area contributed by atoms with Crippen molar-refractivity contribution >= 4 is 22.8 Å². The zero-order valence-corrected chi connectivity index (χ0v) is 13.2. The average molecular weight is 336 g/mol. The van der Waals surface area contributed by atoms with Crippen molar-refractivity contribution in [3.8, 4) is 0 Å². The number of carbonyl (C=O) groups is 2. The molecule has 0 unspecified atom stereocenters. The van der Waals surface area contributed by atoms with Gasteiger partial charge < -0.3 is 15.2 Å². The number of H-pyrrole nitrogens is 1. The molecule has 1 atom stereocenters. The van der Waals surface area contributed by atoms with Gasteiger partial charge in [-0.3, -0.25) is 9.59 Å². The molecule has 2 N–H and O–H groups in total. The van der Waals surface area contributed by atoms with E-state index in [9.17, 15) is 18.4 Å². The monoisotopic (exact) mass is 336 g/mol. The summed E-state index contributed by atoms with van der Waals surface area (Å²) in [5.74, 6) is -1.12. The molecule has 2 amide bonds. The third-order valence-electron chi connectivity index (χ3n) is 4.12. The zero-order valence-electron chi connectivity index (χ0n) is 13.2. The number of nitrogens with one attached hydrogen (secondary N) is 2. The first kappa shape index (κ1) is 16.4. The van der Waals surface area contributed by atoms with E-state index in [4.69, 9.17) is 0 Å². The highest BCUT2D eigenvalue weighted by molar-refractivity contribution is 6.06. The lowest BCUT2D eigenvalue weighted by molar-refractivity contribution is -0.131. The van der Waals surface area contributed by atoms with E-state index in [1.54, 1.807) is 24.0 Å². The van der Waals surface area contributed by atoms with Crippen molar-refractivity contribution in [2.45, 2.75) is 32.2 Å². The Balaban J connectivity index is 1.79. The number of hydrogen-bond acceptors (Lipinski definition) is 3. The van der Waals surface area contributed by atoms with Crippen molar-refractivity contribution in [3.05, 3.63) is 29.6 Å². The van der Waals surface area contributed by atoms with Gasteiger partial charge in [-0.2, -0.15) is 0 Å². The first-order valence-corrected chi connectivity index (χ1v) is 7.84. The summed E-state index contributed by atoms with van der Waals surface area (Å²) in [4.78, 5) is 32.7.